The van der Waals surface area contributed by atoms with E-state index in [2.05, 4.69) is 0 Å². The first-order chi connectivity index (χ1) is 6.83. The Hall–Kier alpha value is -0.120. The molecule has 0 aromatic carbocycles. The minimum atomic E-state index is -2.77. The van der Waals surface area contributed by atoms with E-state index in [4.69, 9.17) is 0 Å². The molecule has 92 valence electrons. The molecule has 0 bridgehead atoms. The molecule has 1 spiro atoms. The van der Waals surface area contributed by atoms with Crippen molar-refractivity contribution in [3.05, 3.63) is 0 Å². The van der Waals surface area contributed by atoms with Crippen LogP contribution in [0.5, 0.6) is 0 Å². The molecule has 2 aliphatic rings. The fourth-order valence-corrected chi connectivity index (χ4v) is 4.80. The molecule has 0 aromatic rings. The maximum Gasteiger partial charge on any atom is 0.151 e. The second-order valence-electron chi connectivity index (χ2n) is 4.30. The molecular formula is C11H23FO2S. The topological polar surface area (TPSA) is 34.1 Å². The number of sulfone groups is 1. The molecule has 1 saturated carbocycles. The van der Waals surface area contributed by atoms with Gasteiger partial charge in [0.25, 0.3) is 0 Å². The Morgan fingerprint density at radius 3 is 1.53 bits per heavy atom. The van der Waals surface area contributed by atoms with Crippen molar-refractivity contribution in [1.82, 2.24) is 0 Å². The summed E-state index contributed by atoms with van der Waals surface area (Å²) in [5.74, 6) is 0.443. The molecule has 0 unspecified atom stereocenters. The molecule has 0 amide bonds. The van der Waals surface area contributed by atoms with E-state index >= 15 is 0 Å². The molecule has 4 heteroatoms. The summed E-state index contributed by atoms with van der Waals surface area (Å²) in [7, 11) is -2.77. The zero-order valence-corrected chi connectivity index (χ0v) is 11.2. The molecule has 1 aliphatic heterocycles. The monoisotopic (exact) mass is 238 g/mol. The van der Waals surface area contributed by atoms with E-state index in [0.29, 0.717) is 12.8 Å². The highest BCUT2D eigenvalue weighted by Crippen LogP contribution is 2.56. The summed E-state index contributed by atoms with van der Waals surface area (Å²) in [4.78, 5) is 0. The Morgan fingerprint density at radius 2 is 1.33 bits per heavy atom. The van der Waals surface area contributed by atoms with Gasteiger partial charge in [-0.1, -0.05) is 27.7 Å². The molecule has 0 N–H and O–H groups in total. The third-order valence-electron chi connectivity index (χ3n) is 2.54. The average Bonchev–Trinajstić information content (AvgIpc) is 2.04. The second-order valence-corrected chi connectivity index (χ2v) is 6.36. The SMILES string of the molecule is CC.CC.CC1(F)CC2(C1)CS(=O)(=O)C2. The van der Waals surface area contributed by atoms with Crippen molar-refractivity contribution >= 4 is 9.84 Å². The van der Waals surface area contributed by atoms with Crippen LogP contribution in [0.4, 0.5) is 4.39 Å². The quantitative estimate of drug-likeness (QED) is 0.650. The Balaban J connectivity index is 0.000000442. The Kier molecular flexibility index (Phi) is 4.77. The zero-order valence-electron chi connectivity index (χ0n) is 10.4. The first-order valence-electron chi connectivity index (χ1n) is 5.72. The van der Waals surface area contributed by atoms with Crippen LogP contribution in [0.1, 0.15) is 47.5 Å². The van der Waals surface area contributed by atoms with Crippen molar-refractivity contribution in [2.45, 2.75) is 53.1 Å². The zero-order chi connectivity index (χ0) is 12.3. The molecule has 0 aromatic heterocycles. The van der Waals surface area contributed by atoms with E-state index in [9.17, 15) is 12.8 Å². The highest BCUT2D eigenvalue weighted by molar-refractivity contribution is 7.92. The van der Waals surface area contributed by atoms with Crippen LogP contribution in [-0.2, 0) is 9.84 Å². The van der Waals surface area contributed by atoms with Crippen LogP contribution in [0, 0.1) is 5.41 Å². The fraction of sp³-hybridized carbons (Fsp3) is 1.00. The number of hydrogen-bond acceptors (Lipinski definition) is 2. The van der Waals surface area contributed by atoms with Crippen molar-refractivity contribution in [3.63, 3.8) is 0 Å². The second kappa shape index (κ2) is 4.81. The van der Waals surface area contributed by atoms with Gasteiger partial charge in [0.1, 0.15) is 5.67 Å². The number of halogens is 1. The number of alkyl halides is 1. The van der Waals surface area contributed by atoms with E-state index < -0.39 is 15.5 Å². The van der Waals surface area contributed by atoms with Crippen molar-refractivity contribution in [2.24, 2.45) is 5.41 Å². The highest BCUT2D eigenvalue weighted by atomic mass is 32.2. The predicted octanol–water partition coefficient (Wildman–Crippen LogP) is 2.98. The van der Waals surface area contributed by atoms with Crippen molar-refractivity contribution in [3.8, 4) is 0 Å². The van der Waals surface area contributed by atoms with Crippen LogP contribution in [0.25, 0.3) is 0 Å². The lowest BCUT2D eigenvalue weighted by atomic mass is 9.62. The summed E-state index contributed by atoms with van der Waals surface area (Å²) >= 11 is 0. The van der Waals surface area contributed by atoms with Gasteiger partial charge in [-0.05, 0) is 19.8 Å². The molecule has 2 rings (SSSR count). The third-order valence-corrected chi connectivity index (χ3v) is 4.64. The lowest BCUT2D eigenvalue weighted by molar-refractivity contribution is -0.0344. The Bertz CT molecular complexity index is 272. The van der Waals surface area contributed by atoms with Gasteiger partial charge in [-0.3, -0.25) is 0 Å². The van der Waals surface area contributed by atoms with Gasteiger partial charge >= 0.3 is 0 Å². The van der Waals surface area contributed by atoms with Crippen LogP contribution in [0.2, 0.25) is 0 Å². The summed E-state index contributed by atoms with van der Waals surface area (Å²) in [6, 6.07) is 0. The molecule has 1 aliphatic carbocycles. The van der Waals surface area contributed by atoms with E-state index in [0.717, 1.165) is 0 Å². The normalized spacial score (nSPS) is 27.1. The first-order valence-corrected chi connectivity index (χ1v) is 7.54. The molecule has 2 fully saturated rings. The van der Waals surface area contributed by atoms with Gasteiger partial charge in [-0.25, -0.2) is 12.8 Å². The lowest BCUT2D eigenvalue weighted by Gasteiger charge is -2.54. The van der Waals surface area contributed by atoms with Gasteiger partial charge in [0.2, 0.25) is 0 Å². The minimum Gasteiger partial charge on any atom is -0.244 e. The fourth-order valence-electron chi connectivity index (χ4n) is 2.61. The molecular weight excluding hydrogens is 215 g/mol. The van der Waals surface area contributed by atoms with Gasteiger partial charge in [0.05, 0.1) is 11.5 Å². The van der Waals surface area contributed by atoms with Crippen LogP contribution >= 0.6 is 0 Å². The summed E-state index contributed by atoms with van der Waals surface area (Å²) in [5, 5.41) is 0. The van der Waals surface area contributed by atoms with Gasteiger partial charge in [0, 0.05) is 5.41 Å². The highest BCUT2D eigenvalue weighted by Gasteiger charge is 2.61. The maximum absolute atomic E-state index is 13.0. The molecule has 0 radical (unpaired) electrons. The predicted molar refractivity (Wildman–Crippen MR) is 62.5 cm³/mol. The maximum atomic E-state index is 13.0. The van der Waals surface area contributed by atoms with E-state index in [1.54, 1.807) is 6.92 Å². The van der Waals surface area contributed by atoms with Gasteiger partial charge < -0.3 is 0 Å². The molecule has 1 heterocycles. The first kappa shape index (κ1) is 14.9. The number of rotatable bonds is 0. The summed E-state index contributed by atoms with van der Waals surface area (Å²) in [5.41, 5.74) is -1.24. The van der Waals surface area contributed by atoms with E-state index in [1.807, 2.05) is 27.7 Å². The van der Waals surface area contributed by atoms with Gasteiger partial charge in [-0.15, -0.1) is 0 Å². The molecule has 2 nitrogen and oxygen atoms in total. The smallest absolute Gasteiger partial charge is 0.151 e. The van der Waals surface area contributed by atoms with Crippen LogP contribution < -0.4 is 0 Å². The lowest BCUT2D eigenvalue weighted by Crippen LogP contribution is -2.61. The van der Waals surface area contributed by atoms with Gasteiger partial charge in [0.15, 0.2) is 9.84 Å². The van der Waals surface area contributed by atoms with Crippen LogP contribution in [-0.4, -0.2) is 25.6 Å². The minimum absolute atomic E-state index is 0.150. The summed E-state index contributed by atoms with van der Waals surface area (Å²) in [6.45, 7) is 9.54. The largest absolute Gasteiger partial charge is 0.244 e. The van der Waals surface area contributed by atoms with Gasteiger partial charge in [-0.2, -0.15) is 0 Å². The van der Waals surface area contributed by atoms with E-state index in [-0.39, 0.29) is 16.9 Å². The van der Waals surface area contributed by atoms with Crippen LogP contribution in [0.15, 0.2) is 0 Å². The Labute approximate surface area is 93.2 Å². The molecule has 15 heavy (non-hydrogen) atoms. The standard InChI is InChI=1S/C7H11FO2S.2C2H6/c1-6(8)2-7(3-6)4-11(9,10)5-7;2*1-2/h2-5H2,1H3;2*1-2H3. The van der Waals surface area contributed by atoms with Crippen molar-refractivity contribution in [1.29, 1.82) is 0 Å². The van der Waals surface area contributed by atoms with Crippen LogP contribution in [0.3, 0.4) is 0 Å². The Morgan fingerprint density at radius 1 is 1.00 bits per heavy atom. The molecule has 0 atom stereocenters. The summed E-state index contributed by atoms with van der Waals surface area (Å²) in [6.07, 6.45) is 0.887. The number of hydrogen-bond donors (Lipinski definition) is 0. The third kappa shape index (κ3) is 3.44. The molecule has 1 saturated heterocycles. The van der Waals surface area contributed by atoms with Crippen molar-refractivity contribution in [2.75, 3.05) is 11.5 Å². The summed E-state index contributed by atoms with van der Waals surface area (Å²) < 4.78 is 34.5. The average molecular weight is 238 g/mol. The van der Waals surface area contributed by atoms with E-state index in [1.165, 1.54) is 0 Å². The van der Waals surface area contributed by atoms with Crippen molar-refractivity contribution < 1.29 is 12.8 Å².